The first-order valence-corrected chi connectivity index (χ1v) is 6.42. The smallest absolute Gasteiger partial charge is 0.183 e. The number of halogens is 2. The summed E-state index contributed by atoms with van der Waals surface area (Å²) in [6.45, 7) is 1.53. The fraction of sp³-hybridized carbons (Fsp3) is 0.400. The van der Waals surface area contributed by atoms with Crippen molar-refractivity contribution in [2.75, 3.05) is 13.2 Å². The third-order valence-corrected chi connectivity index (χ3v) is 3.25. The molecule has 76 valence electrons. The highest BCUT2D eigenvalue weighted by molar-refractivity contribution is 14.1. The lowest BCUT2D eigenvalue weighted by molar-refractivity contribution is -0.177. The highest BCUT2D eigenvalue weighted by Gasteiger charge is 2.21. The molecule has 0 saturated carbocycles. The van der Waals surface area contributed by atoms with Crippen LogP contribution in [-0.2, 0) is 9.47 Å². The van der Waals surface area contributed by atoms with Crippen LogP contribution in [0.15, 0.2) is 28.7 Å². The zero-order chi connectivity index (χ0) is 9.97. The molecule has 0 unspecified atom stereocenters. The molecule has 2 nitrogen and oxygen atoms in total. The average Bonchev–Trinajstić information content (AvgIpc) is 2.21. The Morgan fingerprint density at radius 3 is 2.29 bits per heavy atom. The minimum absolute atomic E-state index is 0.186. The standard InChI is InChI=1S/C10H10BrIO2/c11-8-3-1-7(2-4-8)10-13-5-9(12)6-14-10/h1-4,9-10H,5-6H2. The first-order valence-electron chi connectivity index (χ1n) is 4.38. The number of benzene rings is 1. The monoisotopic (exact) mass is 368 g/mol. The summed E-state index contributed by atoms with van der Waals surface area (Å²) in [5.74, 6) is 0. The van der Waals surface area contributed by atoms with Crippen molar-refractivity contribution in [2.45, 2.75) is 10.2 Å². The highest BCUT2D eigenvalue weighted by atomic mass is 127. The SMILES string of the molecule is Brc1ccc(C2OCC(I)CO2)cc1. The van der Waals surface area contributed by atoms with E-state index in [2.05, 4.69) is 38.5 Å². The van der Waals surface area contributed by atoms with Crippen LogP contribution in [0.25, 0.3) is 0 Å². The van der Waals surface area contributed by atoms with Crippen molar-refractivity contribution in [1.29, 1.82) is 0 Å². The van der Waals surface area contributed by atoms with Crippen LogP contribution >= 0.6 is 38.5 Å². The fourth-order valence-corrected chi connectivity index (χ4v) is 1.97. The molecule has 2 rings (SSSR count). The van der Waals surface area contributed by atoms with Crippen molar-refractivity contribution in [1.82, 2.24) is 0 Å². The van der Waals surface area contributed by atoms with Gasteiger partial charge in [-0.2, -0.15) is 0 Å². The molecule has 1 fully saturated rings. The van der Waals surface area contributed by atoms with Crippen molar-refractivity contribution >= 4 is 38.5 Å². The number of rotatable bonds is 1. The minimum atomic E-state index is -0.186. The van der Waals surface area contributed by atoms with E-state index >= 15 is 0 Å². The molecular weight excluding hydrogens is 359 g/mol. The Morgan fingerprint density at radius 1 is 1.14 bits per heavy atom. The minimum Gasteiger partial charge on any atom is -0.347 e. The summed E-state index contributed by atoms with van der Waals surface area (Å²) in [7, 11) is 0. The van der Waals surface area contributed by atoms with Crippen molar-refractivity contribution in [3.8, 4) is 0 Å². The summed E-state index contributed by atoms with van der Waals surface area (Å²) in [6.07, 6.45) is -0.186. The zero-order valence-electron chi connectivity index (χ0n) is 7.45. The van der Waals surface area contributed by atoms with E-state index in [1.54, 1.807) is 0 Å². The normalized spacial score (nSPS) is 27.6. The van der Waals surface area contributed by atoms with Gasteiger partial charge in [-0.25, -0.2) is 0 Å². The zero-order valence-corrected chi connectivity index (χ0v) is 11.2. The molecule has 1 saturated heterocycles. The van der Waals surface area contributed by atoms with Crippen LogP contribution in [0.3, 0.4) is 0 Å². The van der Waals surface area contributed by atoms with Crippen molar-refractivity contribution in [2.24, 2.45) is 0 Å². The summed E-state index contributed by atoms with van der Waals surface area (Å²) in [5, 5.41) is 0. The van der Waals surface area contributed by atoms with E-state index in [0.717, 1.165) is 23.2 Å². The number of alkyl halides is 1. The van der Waals surface area contributed by atoms with Gasteiger partial charge in [-0.1, -0.05) is 50.7 Å². The second kappa shape index (κ2) is 4.92. The van der Waals surface area contributed by atoms with Crippen LogP contribution in [0.5, 0.6) is 0 Å². The second-order valence-corrected chi connectivity index (χ2v) is 5.82. The van der Waals surface area contributed by atoms with Gasteiger partial charge < -0.3 is 9.47 Å². The first-order chi connectivity index (χ1) is 6.75. The molecule has 0 aliphatic carbocycles. The van der Waals surface area contributed by atoms with E-state index in [0.29, 0.717) is 3.92 Å². The van der Waals surface area contributed by atoms with Gasteiger partial charge in [0.25, 0.3) is 0 Å². The fourth-order valence-electron chi connectivity index (χ4n) is 1.29. The quantitative estimate of drug-likeness (QED) is 0.559. The van der Waals surface area contributed by atoms with Crippen LogP contribution in [0, 0.1) is 0 Å². The van der Waals surface area contributed by atoms with Gasteiger partial charge in [-0.05, 0) is 12.1 Å². The number of hydrogen-bond acceptors (Lipinski definition) is 2. The topological polar surface area (TPSA) is 18.5 Å². The Hall–Kier alpha value is 0.350. The third kappa shape index (κ3) is 2.68. The van der Waals surface area contributed by atoms with E-state index < -0.39 is 0 Å². The predicted octanol–water partition coefficient (Wildman–Crippen LogP) is 3.30. The second-order valence-electron chi connectivity index (χ2n) is 3.15. The summed E-state index contributed by atoms with van der Waals surface area (Å²) in [4.78, 5) is 0. The molecule has 0 radical (unpaired) electrons. The van der Waals surface area contributed by atoms with Gasteiger partial charge in [0.2, 0.25) is 0 Å². The Labute approximate surface area is 105 Å². The molecule has 0 bridgehead atoms. The van der Waals surface area contributed by atoms with Crippen LogP contribution in [0.2, 0.25) is 0 Å². The average molecular weight is 369 g/mol. The van der Waals surface area contributed by atoms with Gasteiger partial charge in [0.15, 0.2) is 6.29 Å². The highest BCUT2D eigenvalue weighted by Crippen LogP contribution is 2.26. The van der Waals surface area contributed by atoms with Crippen LogP contribution in [0.4, 0.5) is 0 Å². The molecule has 1 heterocycles. The molecule has 1 aliphatic rings. The lowest BCUT2D eigenvalue weighted by Gasteiger charge is -2.26. The Kier molecular flexibility index (Phi) is 3.81. The lowest BCUT2D eigenvalue weighted by atomic mass is 10.2. The Bertz CT molecular complexity index is 293. The van der Waals surface area contributed by atoms with Crippen molar-refractivity contribution < 1.29 is 9.47 Å². The molecule has 0 atom stereocenters. The molecule has 4 heteroatoms. The van der Waals surface area contributed by atoms with E-state index in [4.69, 9.17) is 9.47 Å². The Balaban J connectivity index is 2.05. The van der Waals surface area contributed by atoms with Gasteiger partial charge in [0.1, 0.15) is 0 Å². The lowest BCUT2D eigenvalue weighted by Crippen LogP contribution is -2.26. The first kappa shape index (κ1) is 10.9. The molecule has 1 aromatic rings. The molecule has 1 aliphatic heterocycles. The maximum absolute atomic E-state index is 5.57. The third-order valence-electron chi connectivity index (χ3n) is 2.00. The summed E-state index contributed by atoms with van der Waals surface area (Å²) < 4.78 is 12.7. The number of hydrogen-bond donors (Lipinski definition) is 0. The van der Waals surface area contributed by atoms with Gasteiger partial charge in [-0.3, -0.25) is 0 Å². The summed E-state index contributed by atoms with van der Waals surface area (Å²) in [6, 6.07) is 8.03. The van der Waals surface area contributed by atoms with E-state index in [9.17, 15) is 0 Å². The van der Waals surface area contributed by atoms with E-state index in [1.807, 2.05) is 24.3 Å². The predicted molar refractivity (Wildman–Crippen MR) is 66.6 cm³/mol. The largest absolute Gasteiger partial charge is 0.347 e. The van der Waals surface area contributed by atoms with E-state index in [-0.39, 0.29) is 6.29 Å². The van der Waals surface area contributed by atoms with Crippen molar-refractivity contribution in [3.05, 3.63) is 34.3 Å². The molecule has 14 heavy (non-hydrogen) atoms. The van der Waals surface area contributed by atoms with Gasteiger partial charge >= 0.3 is 0 Å². The Morgan fingerprint density at radius 2 is 1.71 bits per heavy atom. The van der Waals surface area contributed by atoms with Crippen LogP contribution in [0.1, 0.15) is 11.9 Å². The van der Waals surface area contributed by atoms with Crippen LogP contribution < -0.4 is 0 Å². The summed E-state index contributed by atoms with van der Waals surface area (Å²) >= 11 is 5.73. The molecule has 0 amide bonds. The number of ether oxygens (including phenoxy) is 2. The molecule has 1 aromatic carbocycles. The van der Waals surface area contributed by atoms with E-state index in [1.165, 1.54) is 0 Å². The van der Waals surface area contributed by atoms with Gasteiger partial charge in [0.05, 0.1) is 17.1 Å². The molecule has 0 aromatic heterocycles. The van der Waals surface area contributed by atoms with Crippen LogP contribution in [-0.4, -0.2) is 17.1 Å². The van der Waals surface area contributed by atoms with Gasteiger partial charge in [-0.15, -0.1) is 0 Å². The molecule has 0 N–H and O–H groups in total. The molecular formula is C10H10BrIO2. The molecule has 0 spiro atoms. The maximum Gasteiger partial charge on any atom is 0.183 e. The maximum atomic E-state index is 5.57. The van der Waals surface area contributed by atoms with Crippen molar-refractivity contribution in [3.63, 3.8) is 0 Å². The summed E-state index contributed by atoms with van der Waals surface area (Å²) in [5.41, 5.74) is 1.08. The van der Waals surface area contributed by atoms with Gasteiger partial charge in [0, 0.05) is 10.0 Å².